The van der Waals surface area contributed by atoms with Crippen LogP contribution in [0.4, 0.5) is 5.69 Å². The van der Waals surface area contributed by atoms with E-state index in [2.05, 4.69) is 10.0 Å². The van der Waals surface area contributed by atoms with E-state index in [0.29, 0.717) is 23.5 Å². The second kappa shape index (κ2) is 8.79. The van der Waals surface area contributed by atoms with Crippen LogP contribution in [0, 0.1) is 0 Å². The summed E-state index contributed by atoms with van der Waals surface area (Å²) in [7, 11) is -2.02. The van der Waals surface area contributed by atoms with Crippen LogP contribution < -0.4 is 14.8 Å². The van der Waals surface area contributed by atoms with Crippen molar-refractivity contribution < 1.29 is 17.9 Å². The maximum Gasteiger partial charge on any atom is 0.271 e. The molecule has 0 unspecified atom stereocenters. The number of fused-ring (bicyclic) bond motifs is 1. The first-order valence-electron chi connectivity index (χ1n) is 9.47. The Hall–Kier alpha value is -3.36. The van der Waals surface area contributed by atoms with E-state index in [1.165, 1.54) is 6.07 Å². The van der Waals surface area contributed by atoms with Crippen molar-refractivity contribution in [3.05, 3.63) is 89.3 Å². The van der Waals surface area contributed by atoms with Crippen molar-refractivity contribution in [3.63, 3.8) is 0 Å². The molecule has 0 spiro atoms. The first-order valence-corrected chi connectivity index (χ1v) is 11.8. The van der Waals surface area contributed by atoms with Crippen LogP contribution in [0.15, 0.2) is 82.4 Å². The number of ether oxygens (including phenoxy) is 1. The van der Waals surface area contributed by atoms with Crippen LogP contribution in [-0.2, 0) is 16.6 Å². The number of rotatable bonds is 7. The van der Waals surface area contributed by atoms with Crippen LogP contribution in [-0.4, -0.2) is 21.4 Å². The van der Waals surface area contributed by atoms with Gasteiger partial charge in [-0.15, -0.1) is 11.3 Å². The average molecular weight is 453 g/mol. The lowest BCUT2D eigenvalue weighted by molar-refractivity contribution is 0.0951. The third kappa shape index (κ3) is 4.55. The molecule has 0 fully saturated rings. The zero-order valence-corrected chi connectivity index (χ0v) is 18.3. The molecule has 0 atom stereocenters. The molecule has 4 rings (SSSR count). The van der Waals surface area contributed by atoms with Gasteiger partial charge in [0.15, 0.2) is 0 Å². The van der Waals surface area contributed by atoms with Crippen LogP contribution in [0.1, 0.15) is 15.9 Å². The molecule has 158 valence electrons. The number of carbonyl (C=O) groups is 1. The van der Waals surface area contributed by atoms with E-state index in [4.69, 9.17) is 4.74 Å². The fourth-order valence-corrected chi connectivity index (χ4v) is 5.32. The lowest BCUT2D eigenvalue weighted by Crippen LogP contribution is -2.23. The number of amides is 1. The summed E-state index contributed by atoms with van der Waals surface area (Å²) in [4.78, 5) is 12.6. The predicted molar refractivity (Wildman–Crippen MR) is 123 cm³/mol. The van der Waals surface area contributed by atoms with E-state index in [0.717, 1.165) is 27.7 Å². The van der Waals surface area contributed by atoms with Gasteiger partial charge in [0.1, 0.15) is 9.96 Å². The number of benzene rings is 3. The number of thiophene rings is 1. The van der Waals surface area contributed by atoms with Crippen molar-refractivity contribution in [2.24, 2.45) is 0 Å². The van der Waals surface area contributed by atoms with Crippen LogP contribution >= 0.6 is 11.3 Å². The molecule has 0 saturated heterocycles. The number of carbonyl (C=O) groups excluding carboxylic acids is 1. The van der Waals surface area contributed by atoms with Crippen LogP contribution in [0.25, 0.3) is 10.8 Å². The molecule has 0 aliphatic rings. The molecular weight excluding hydrogens is 432 g/mol. The summed E-state index contributed by atoms with van der Waals surface area (Å²) in [5.74, 6) is 0.444. The van der Waals surface area contributed by atoms with Crippen molar-refractivity contribution in [3.8, 4) is 5.75 Å². The van der Waals surface area contributed by atoms with Gasteiger partial charge in [0, 0.05) is 23.4 Å². The molecule has 3 aromatic carbocycles. The van der Waals surface area contributed by atoms with Gasteiger partial charge in [0.2, 0.25) is 0 Å². The van der Waals surface area contributed by atoms with Gasteiger partial charge in [-0.1, -0.05) is 36.4 Å². The number of hydrogen-bond acceptors (Lipinski definition) is 5. The van der Waals surface area contributed by atoms with E-state index in [-0.39, 0.29) is 10.1 Å². The highest BCUT2D eigenvalue weighted by molar-refractivity contribution is 7.94. The van der Waals surface area contributed by atoms with E-state index >= 15 is 0 Å². The second-order valence-electron chi connectivity index (χ2n) is 6.77. The van der Waals surface area contributed by atoms with Crippen LogP contribution in [0.3, 0.4) is 0 Å². The van der Waals surface area contributed by atoms with Gasteiger partial charge in [0.05, 0.1) is 7.11 Å². The minimum Gasteiger partial charge on any atom is -0.496 e. The van der Waals surface area contributed by atoms with Gasteiger partial charge in [-0.3, -0.25) is 9.52 Å². The summed E-state index contributed by atoms with van der Waals surface area (Å²) in [6.45, 7) is 0.302. The molecular formula is C23H20N2O4S2. The van der Waals surface area contributed by atoms with Crippen LogP contribution in [0.5, 0.6) is 5.75 Å². The van der Waals surface area contributed by atoms with Gasteiger partial charge in [-0.2, -0.15) is 0 Å². The molecule has 0 bridgehead atoms. The predicted octanol–water partition coefficient (Wildman–Crippen LogP) is 4.64. The minimum absolute atomic E-state index is 0.235. The Balaban J connectivity index is 1.47. The fourth-order valence-electron chi connectivity index (χ4n) is 3.27. The van der Waals surface area contributed by atoms with E-state index < -0.39 is 10.0 Å². The van der Waals surface area contributed by atoms with Crippen molar-refractivity contribution in [1.29, 1.82) is 0 Å². The van der Waals surface area contributed by atoms with Gasteiger partial charge >= 0.3 is 0 Å². The Morgan fingerprint density at radius 2 is 1.74 bits per heavy atom. The van der Waals surface area contributed by atoms with Crippen LogP contribution in [0.2, 0.25) is 0 Å². The summed E-state index contributed by atoms with van der Waals surface area (Å²) in [6, 6.07) is 21.3. The second-order valence-corrected chi connectivity index (χ2v) is 9.62. The normalized spacial score (nSPS) is 11.3. The molecule has 0 aliphatic heterocycles. The molecule has 6 nitrogen and oxygen atoms in total. The van der Waals surface area contributed by atoms with Crippen molar-refractivity contribution in [2.45, 2.75) is 10.8 Å². The number of hydrogen-bond donors (Lipinski definition) is 2. The summed E-state index contributed by atoms with van der Waals surface area (Å²) < 4.78 is 32.9. The standard InChI is InChI=1S/C23H20N2O4S2/c1-29-21-13-10-16-5-2-3-6-19(16)20(21)15-24-23(26)17-8-11-18(12-9-17)25-31(27,28)22-7-4-14-30-22/h2-14,25H,15H2,1H3,(H,24,26). The van der Waals surface area contributed by atoms with Crippen molar-refractivity contribution >= 4 is 43.7 Å². The topological polar surface area (TPSA) is 84.5 Å². The highest BCUT2D eigenvalue weighted by Crippen LogP contribution is 2.28. The lowest BCUT2D eigenvalue weighted by Gasteiger charge is -2.13. The average Bonchev–Trinajstić information content (AvgIpc) is 3.33. The fraction of sp³-hybridized carbons (Fsp3) is 0.0870. The molecule has 8 heteroatoms. The SMILES string of the molecule is COc1ccc2ccccc2c1CNC(=O)c1ccc(NS(=O)(=O)c2cccs2)cc1. The number of nitrogens with one attached hydrogen (secondary N) is 2. The highest BCUT2D eigenvalue weighted by atomic mass is 32.2. The Bertz CT molecular complexity index is 1320. The maximum atomic E-state index is 12.6. The molecule has 2 N–H and O–H groups in total. The zero-order valence-electron chi connectivity index (χ0n) is 16.7. The first-order chi connectivity index (χ1) is 15.0. The number of anilines is 1. The summed E-state index contributed by atoms with van der Waals surface area (Å²) in [5, 5.41) is 6.70. The molecule has 1 heterocycles. The monoisotopic (exact) mass is 452 g/mol. The molecule has 31 heavy (non-hydrogen) atoms. The summed E-state index contributed by atoms with van der Waals surface area (Å²) in [6.07, 6.45) is 0. The smallest absolute Gasteiger partial charge is 0.271 e. The lowest BCUT2D eigenvalue weighted by atomic mass is 10.0. The van der Waals surface area contributed by atoms with E-state index in [9.17, 15) is 13.2 Å². The Labute approximate surface area is 184 Å². The Kier molecular flexibility index (Phi) is 5.92. The van der Waals surface area contributed by atoms with Gasteiger partial charge in [-0.25, -0.2) is 8.42 Å². The van der Waals surface area contributed by atoms with Crippen molar-refractivity contribution in [1.82, 2.24) is 5.32 Å². The summed E-state index contributed by atoms with van der Waals surface area (Å²) in [5.41, 5.74) is 1.72. The quantitative estimate of drug-likeness (QED) is 0.428. The Morgan fingerprint density at radius 1 is 0.968 bits per heavy atom. The Morgan fingerprint density at radius 3 is 2.45 bits per heavy atom. The van der Waals surface area contributed by atoms with Gasteiger partial charge < -0.3 is 10.1 Å². The van der Waals surface area contributed by atoms with E-state index in [1.54, 1.807) is 42.8 Å². The largest absolute Gasteiger partial charge is 0.496 e. The minimum atomic E-state index is -3.62. The molecule has 1 aromatic heterocycles. The molecule has 0 saturated carbocycles. The zero-order chi connectivity index (χ0) is 21.8. The maximum absolute atomic E-state index is 12.6. The first kappa shape index (κ1) is 20.9. The van der Waals surface area contributed by atoms with Crippen molar-refractivity contribution in [2.75, 3.05) is 11.8 Å². The number of methoxy groups -OCH3 is 1. The third-order valence-electron chi connectivity index (χ3n) is 4.80. The van der Waals surface area contributed by atoms with Gasteiger partial charge in [-0.05, 0) is 52.6 Å². The molecule has 0 aliphatic carbocycles. The van der Waals surface area contributed by atoms with Gasteiger partial charge in [0.25, 0.3) is 15.9 Å². The highest BCUT2D eigenvalue weighted by Gasteiger charge is 2.16. The summed E-state index contributed by atoms with van der Waals surface area (Å²) >= 11 is 1.14. The van der Waals surface area contributed by atoms with E-state index in [1.807, 2.05) is 36.4 Å². The molecule has 0 radical (unpaired) electrons. The third-order valence-corrected chi connectivity index (χ3v) is 7.58. The molecule has 4 aromatic rings. The number of sulfonamides is 1. The molecule has 1 amide bonds.